The van der Waals surface area contributed by atoms with Gasteiger partial charge in [-0.2, -0.15) is 0 Å². The van der Waals surface area contributed by atoms with Crippen molar-refractivity contribution in [2.75, 3.05) is 7.11 Å². The van der Waals surface area contributed by atoms with Gasteiger partial charge in [-0.1, -0.05) is 25.1 Å². The summed E-state index contributed by atoms with van der Waals surface area (Å²) in [5.41, 5.74) is 3.31. The minimum absolute atomic E-state index is 0.0700. The van der Waals surface area contributed by atoms with Crippen molar-refractivity contribution in [1.29, 1.82) is 0 Å². The number of hydrogen-bond donors (Lipinski definition) is 2. The van der Waals surface area contributed by atoms with E-state index in [1.165, 1.54) is 12.1 Å². The van der Waals surface area contributed by atoms with Gasteiger partial charge in [-0.15, -0.1) is 0 Å². The van der Waals surface area contributed by atoms with E-state index in [2.05, 4.69) is 21.5 Å². The Kier molecular flexibility index (Phi) is 5.72. The molecule has 0 bridgehead atoms. The maximum absolute atomic E-state index is 11.7. The summed E-state index contributed by atoms with van der Waals surface area (Å²) < 4.78 is 30.8. The normalized spacial score (nSPS) is 12.1. The van der Waals surface area contributed by atoms with Gasteiger partial charge >= 0.3 is 0 Å². The second kappa shape index (κ2) is 8.29. The third-order valence-electron chi connectivity index (χ3n) is 4.87. The highest BCUT2D eigenvalue weighted by Crippen LogP contribution is 2.28. The van der Waals surface area contributed by atoms with Gasteiger partial charge in [0.25, 0.3) is 0 Å². The zero-order chi connectivity index (χ0) is 21.3. The molecule has 2 aromatic heterocycles. The lowest BCUT2D eigenvalue weighted by Gasteiger charge is -2.08. The predicted molar refractivity (Wildman–Crippen MR) is 118 cm³/mol. The van der Waals surface area contributed by atoms with Crippen LogP contribution in [0.25, 0.3) is 22.1 Å². The molecule has 0 aliphatic carbocycles. The summed E-state index contributed by atoms with van der Waals surface area (Å²) in [6.45, 7) is 2.95. The number of benzene rings is 2. The van der Waals surface area contributed by atoms with Crippen LogP contribution in [0.3, 0.4) is 0 Å². The fourth-order valence-corrected chi connectivity index (χ4v) is 4.67. The lowest BCUT2D eigenvalue weighted by molar-refractivity contribution is 0.415. The van der Waals surface area contributed by atoms with Gasteiger partial charge < -0.3 is 14.3 Å². The van der Waals surface area contributed by atoms with Crippen molar-refractivity contribution in [3.63, 3.8) is 0 Å². The highest BCUT2D eigenvalue weighted by atomic mass is 32.2. The Bertz CT molecular complexity index is 1310. The molecular weight excluding hydrogens is 422 g/mol. The molecule has 0 fully saturated rings. The Labute approximate surface area is 178 Å². The molecule has 2 aromatic carbocycles. The first-order valence-corrected chi connectivity index (χ1v) is 12.1. The SMILES string of the molecule is CCCCn1c(CSc2nc3ccc(OC)cc3[nH]2)nc2cc(S(N)(=O)=O)ccc21. The quantitative estimate of drug-likeness (QED) is 0.400. The molecule has 0 saturated heterocycles. The predicted octanol–water partition coefficient (Wildman–Crippen LogP) is 3.66. The topological polar surface area (TPSA) is 116 Å². The van der Waals surface area contributed by atoms with Crippen LogP contribution in [0.4, 0.5) is 0 Å². The van der Waals surface area contributed by atoms with Crippen LogP contribution in [0.1, 0.15) is 25.6 Å². The largest absolute Gasteiger partial charge is 0.497 e. The number of hydrogen-bond acceptors (Lipinski definition) is 6. The lowest BCUT2D eigenvalue weighted by atomic mass is 10.3. The number of thioether (sulfide) groups is 1. The van der Waals surface area contributed by atoms with Crippen molar-refractivity contribution in [3.05, 3.63) is 42.2 Å². The Hall–Kier alpha value is -2.56. The van der Waals surface area contributed by atoms with Gasteiger partial charge in [0, 0.05) is 12.6 Å². The number of ether oxygens (including phenoxy) is 1. The fraction of sp³-hybridized carbons (Fsp3) is 0.300. The van der Waals surface area contributed by atoms with Gasteiger partial charge in [-0.3, -0.25) is 0 Å². The summed E-state index contributed by atoms with van der Waals surface area (Å²) in [5, 5.41) is 6.07. The first kappa shape index (κ1) is 20.7. The standard InChI is InChI=1S/C20H23N5O3S2/c1-3-4-9-25-18-8-6-14(30(21,26)27)11-17(18)22-19(25)12-29-20-23-15-7-5-13(28-2)10-16(15)24-20/h5-8,10-11H,3-4,9,12H2,1-2H3,(H,23,24)(H2,21,26,27). The molecule has 4 rings (SSSR count). The third kappa shape index (κ3) is 4.16. The Morgan fingerprint density at radius 1 is 1.17 bits per heavy atom. The molecule has 0 atom stereocenters. The average molecular weight is 446 g/mol. The molecule has 0 unspecified atom stereocenters. The average Bonchev–Trinajstić information content (AvgIpc) is 3.29. The number of rotatable bonds is 8. The Morgan fingerprint density at radius 3 is 2.73 bits per heavy atom. The highest BCUT2D eigenvalue weighted by Gasteiger charge is 2.15. The van der Waals surface area contributed by atoms with Crippen LogP contribution in [0.15, 0.2) is 46.5 Å². The number of sulfonamides is 1. The number of nitrogens with two attached hydrogens (primary N) is 1. The van der Waals surface area contributed by atoms with Crippen LogP contribution >= 0.6 is 11.8 Å². The maximum atomic E-state index is 11.7. The first-order valence-electron chi connectivity index (χ1n) is 9.57. The fourth-order valence-electron chi connectivity index (χ4n) is 3.31. The molecule has 0 aliphatic rings. The molecular formula is C20H23N5O3S2. The number of aromatic nitrogens is 4. The number of primary sulfonamides is 1. The minimum Gasteiger partial charge on any atom is -0.497 e. The molecule has 0 amide bonds. The maximum Gasteiger partial charge on any atom is 0.238 e. The van der Waals surface area contributed by atoms with Crippen LogP contribution < -0.4 is 9.88 Å². The van der Waals surface area contributed by atoms with Crippen molar-refractivity contribution in [2.24, 2.45) is 5.14 Å². The third-order valence-corrected chi connectivity index (χ3v) is 6.65. The van der Waals surface area contributed by atoms with Crippen LogP contribution in [-0.2, 0) is 22.3 Å². The summed E-state index contributed by atoms with van der Waals surface area (Å²) >= 11 is 1.55. The molecule has 10 heteroatoms. The molecule has 0 saturated carbocycles. The number of H-pyrrole nitrogens is 1. The van der Waals surface area contributed by atoms with Crippen LogP contribution in [-0.4, -0.2) is 35.0 Å². The van der Waals surface area contributed by atoms with Crippen molar-refractivity contribution in [3.8, 4) is 5.75 Å². The van der Waals surface area contributed by atoms with Crippen LogP contribution in [0.5, 0.6) is 5.75 Å². The molecule has 0 radical (unpaired) electrons. The molecule has 0 spiro atoms. The van der Waals surface area contributed by atoms with Gasteiger partial charge in [-0.05, 0) is 36.8 Å². The molecule has 8 nitrogen and oxygen atoms in total. The van der Waals surface area contributed by atoms with E-state index in [0.29, 0.717) is 11.3 Å². The number of unbranched alkanes of at least 4 members (excludes halogenated alkanes) is 1. The van der Waals surface area contributed by atoms with E-state index in [-0.39, 0.29) is 4.90 Å². The molecule has 0 aliphatic heterocycles. The van der Waals surface area contributed by atoms with Gasteiger partial charge in [0.15, 0.2) is 5.16 Å². The summed E-state index contributed by atoms with van der Waals surface area (Å²) in [4.78, 5) is 12.7. The van der Waals surface area contributed by atoms with Crippen LogP contribution in [0.2, 0.25) is 0 Å². The van der Waals surface area contributed by atoms with E-state index in [1.54, 1.807) is 24.9 Å². The minimum atomic E-state index is -3.77. The second-order valence-electron chi connectivity index (χ2n) is 6.94. The molecule has 158 valence electrons. The zero-order valence-corrected chi connectivity index (χ0v) is 18.4. The number of methoxy groups -OCH3 is 1. The van der Waals surface area contributed by atoms with E-state index in [1.807, 2.05) is 18.2 Å². The molecule has 2 heterocycles. The van der Waals surface area contributed by atoms with E-state index < -0.39 is 10.0 Å². The number of aromatic amines is 1. The summed E-state index contributed by atoms with van der Waals surface area (Å²) in [5.74, 6) is 2.24. The molecule has 3 N–H and O–H groups in total. The summed E-state index contributed by atoms with van der Waals surface area (Å²) in [6.07, 6.45) is 2.05. The number of imidazole rings is 2. The second-order valence-corrected chi connectivity index (χ2v) is 9.47. The van der Waals surface area contributed by atoms with Crippen LogP contribution in [0, 0.1) is 0 Å². The number of nitrogens with zero attached hydrogens (tertiary/aromatic N) is 3. The first-order chi connectivity index (χ1) is 14.4. The molecule has 4 aromatic rings. The van der Waals surface area contributed by atoms with Crippen molar-refractivity contribution in [2.45, 2.75) is 42.1 Å². The van der Waals surface area contributed by atoms with Gasteiger partial charge in [0.2, 0.25) is 10.0 Å². The summed E-state index contributed by atoms with van der Waals surface area (Å²) in [7, 11) is -2.14. The number of nitrogens with one attached hydrogen (secondary N) is 1. The van der Waals surface area contributed by atoms with Crippen molar-refractivity contribution in [1.82, 2.24) is 19.5 Å². The van der Waals surface area contributed by atoms with Crippen molar-refractivity contribution >= 4 is 43.9 Å². The van der Waals surface area contributed by atoms with E-state index in [9.17, 15) is 8.42 Å². The van der Waals surface area contributed by atoms with Gasteiger partial charge in [-0.25, -0.2) is 23.5 Å². The van der Waals surface area contributed by atoms with E-state index in [0.717, 1.165) is 52.7 Å². The Morgan fingerprint density at radius 2 is 2.00 bits per heavy atom. The monoisotopic (exact) mass is 445 g/mol. The van der Waals surface area contributed by atoms with Crippen molar-refractivity contribution < 1.29 is 13.2 Å². The number of fused-ring (bicyclic) bond motifs is 2. The van der Waals surface area contributed by atoms with E-state index >= 15 is 0 Å². The summed E-state index contributed by atoms with van der Waals surface area (Å²) in [6, 6.07) is 10.6. The smallest absolute Gasteiger partial charge is 0.238 e. The van der Waals surface area contributed by atoms with Gasteiger partial charge in [0.05, 0.1) is 39.8 Å². The number of aryl methyl sites for hydroxylation is 1. The highest BCUT2D eigenvalue weighted by molar-refractivity contribution is 7.98. The Balaban J connectivity index is 1.65. The van der Waals surface area contributed by atoms with Gasteiger partial charge in [0.1, 0.15) is 11.6 Å². The zero-order valence-electron chi connectivity index (χ0n) is 16.8. The molecule has 30 heavy (non-hydrogen) atoms. The lowest BCUT2D eigenvalue weighted by Crippen LogP contribution is -2.11. The van der Waals surface area contributed by atoms with E-state index in [4.69, 9.17) is 14.9 Å².